The number of rotatable bonds is 8. The van der Waals surface area contributed by atoms with Crippen molar-refractivity contribution in [3.8, 4) is 0 Å². The van der Waals surface area contributed by atoms with Crippen molar-refractivity contribution in [1.82, 2.24) is 0 Å². The van der Waals surface area contributed by atoms with Crippen LogP contribution >= 0.6 is 0 Å². The van der Waals surface area contributed by atoms with Crippen LogP contribution < -0.4 is 9.44 Å². The van der Waals surface area contributed by atoms with E-state index in [0.29, 0.717) is 37.5 Å². The highest BCUT2D eigenvalue weighted by Crippen LogP contribution is 2.67. The summed E-state index contributed by atoms with van der Waals surface area (Å²) in [7, 11) is -7.78. The van der Waals surface area contributed by atoms with E-state index in [1.807, 2.05) is 27.7 Å². The lowest BCUT2D eigenvalue weighted by atomic mass is 9.70. The van der Waals surface area contributed by atoms with Gasteiger partial charge in [-0.15, -0.1) is 0 Å². The Morgan fingerprint density at radius 3 is 1.39 bits per heavy atom. The van der Waals surface area contributed by atoms with Crippen LogP contribution in [0.15, 0.2) is 24.3 Å². The molecule has 6 atom stereocenters. The van der Waals surface area contributed by atoms with Gasteiger partial charge in [0, 0.05) is 10.8 Å². The Kier molecular flexibility index (Phi) is 5.89. The zero-order valence-electron chi connectivity index (χ0n) is 21.6. The summed E-state index contributed by atoms with van der Waals surface area (Å²) in [6.07, 6.45) is 3.00. The van der Waals surface area contributed by atoms with E-state index in [-0.39, 0.29) is 33.7 Å². The van der Waals surface area contributed by atoms with E-state index in [4.69, 9.17) is 0 Å². The summed E-state index contributed by atoms with van der Waals surface area (Å²) in [6, 6.07) is 6.38. The van der Waals surface area contributed by atoms with Gasteiger partial charge in [-0.25, -0.2) is 16.8 Å². The Bertz CT molecular complexity index is 1160. The van der Waals surface area contributed by atoms with Gasteiger partial charge in [-0.05, 0) is 73.3 Å². The number of aliphatic hydroxyl groups is 2. The fraction of sp³-hybridized carbons (Fsp3) is 0.769. The zero-order chi connectivity index (χ0) is 26.4. The Balaban J connectivity index is 1.36. The summed E-state index contributed by atoms with van der Waals surface area (Å²) in [4.78, 5) is 0. The summed E-state index contributed by atoms with van der Waals surface area (Å²) in [5.41, 5.74) is -1.72. The molecule has 4 N–H and O–H groups in total. The van der Waals surface area contributed by atoms with Crippen molar-refractivity contribution in [3.63, 3.8) is 0 Å². The first-order chi connectivity index (χ1) is 16.6. The van der Waals surface area contributed by atoms with Crippen LogP contribution in [-0.4, -0.2) is 50.8 Å². The maximum Gasteiger partial charge on any atom is 0.233 e. The van der Waals surface area contributed by atoms with Crippen molar-refractivity contribution in [1.29, 1.82) is 0 Å². The van der Waals surface area contributed by atoms with Crippen LogP contribution in [-0.2, 0) is 20.0 Å². The van der Waals surface area contributed by atoms with Crippen LogP contribution in [0.2, 0.25) is 0 Å². The first kappa shape index (κ1) is 26.3. The van der Waals surface area contributed by atoms with Crippen LogP contribution in [0.4, 0.5) is 11.4 Å². The molecule has 4 fully saturated rings. The molecule has 0 amide bonds. The van der Waals surface area contributed by atoms with Crippen molar-refractivity contribution in [2.24, 2.45) is 33.5 Å². The lowest BCUT2D eigenvalue weighted by Gasteiger charge is -2.40. The van der Waals surface area contributed by atoms with Gasteiger partial charge in [-0.1, -0.05) is 39.8 Å². The first-order valence-corrected chi connectivity index (χ1v) is 16.3. The van der Waals surface area contributed by atoms with Crippen molar-refractivity contribution in [3.05, 3.63) is 24.3 Å². The van der Waals surface area contributed by atoms with Gasteiger partial charge in [0.25, 0.3) is 0 Å². The number of fused-ring (bicyclic) bond motifs is 4. The first-order valence-electron chi connectivity index (χ1n) is 13.0. The predicted octanol–water partition coefficient (Wildman–Crippen LogP) is 3.54. The Morgan fingerprint density at radius 2 is 1.11 bits per heavy atom. The normalized spacial score (nSPS) is 38.4. The minimum atomic E-state index is -3.89. The van der Waals surface area contributed by atoms with Gasteiger partial charge in [0.2, 0.25) is 20.0 Å². The number of hydrogen-bond acceptors (Lipinski definition) is 6. The lowest BCUT2D eigenvalue weighted by Crippen LogP contribution is -2.46. The molecule has 4 aliphatic rings. The highest BCUT2D eigenvalue weighted by molar-refractivity contribution is 7.93. The number of sulfonamides is 2. The number of aliphatic hydroxyl groups excluding tert-OH is 2. The van der Waals surface area contributed by atoms with E-state index in [1.54, 1.807) is 24.3 Å². The van der Waals surface area contributed by atoms with Gasteiger partial charge in [0.05, 0.1) is 35.1 Å². The van der Waals surface area contributed by atoms with E-state index in [9.17, 15) is 27.0 Å². The summed E-state index contributed by atoms with van der Waals surface area (Å²) < 4.78 is 58.7. The number of anilines is 2. The van der Waals surface area contributed by atoms with Crippen molar-refractivity contribution in [2.75, 3.05) is 20.9 Å². The summed E-state index contributed by atoms with van der Waals surface area (Å²) in [6.45, 7) is 8.18. The molecule has 0 heterocycles. The monoisotopic (exact) mass is 540 g/mol. The van der Waals surface area contributed by atoms with Gasteiger partial charge in [0.1, 0.15) is 0 Å². The quantitative estimate of drug-likeness (QED) is 0.399. The molecule has 0 spiro atoms. The van der Waals surface area contributed by atoms with E-state index in [1.165, 1.54) is 0 Å². The third kappa shape index (κ3) is 3.73. The van der Waals surface area contributed by atoms with Gasteiger partial charge in [-0.3, -0.25) is 9.44 Å². The smallest absolute Gasteiger partial charge is 0.233 e. The molecule has 8 nitrogen and oxygen atoms in total. The van der Waals surface area contributed by atoms with E-state index < -0.39 is 43.1 Å². The standard InChI is InChI=1S/C26H40N2O6S2/c1-23(2)17-9-11-25(23,21(29)13-17)15-35(31,32)27-19-7-5-6-8-20(19)28-36(33,34)16-26-12-10-18(14-22(26)30)24(26,3)4/h5-8,17-18,21-22,27-30H,9-16H2,1-4H3/t17-,18-,21-,22-,25-,26-/m1/s1. The largest absolute Gasteiger partial charge is 0.392 e. The highest BCUT2D eigenvalue weighted by atomic mass is 32.2. The van der Waals surface area contributed by atoms with Crippen LogP contribution in [0.3, 0.4) is 0 Å². The van der Waals surface area contributed by atoms with Crippen molar-refractivity contribution < 1.29 is 27.0 Å². The molecule has 4 aliphatic carbocycles. The Morgan fingerprint density at radius 1 is 0.750 bits per heavy atom. The van der Waals surface area contributed by atoms with Gasteiger partial charge < -0.3 is 10.2 Å². The fourth-order valence-corrected chi connectivity index (χ4v) is 12.4. The number of hydrogen-bond donors (Lipinski definition) is 4. The minimum absolute atomic E-state index is 0.158. The molecule has 0 aliphatic heterocycles. The number of nitrogens with one attached hydrogen (secondary N) is 2. The molecule has 0 saturated heterocycles. The maximum absolute atomic E-state index is 13.4. The molecule has 202 valence electrons. The third-order valence-corrected chi connectivity index (χ3v) is 14.0. The molecule has 0 radical (unpaired) electrons. The number of para-hydroxylation sites is 2. The lowest BCUT2D eigenvalue weighted by molar-refractivity contribution is 0.0153. The Labute approximate surface area is 215 Å². The SMILES string of the molecule is CC1(C)[C@@H]2CC[C@@]1(CS(=O)(=O)Nc1ccccc1NS(=O)(=O)C[C@]13CC[C@H](C[C@H]1O)C3(C)C)[C@H](O)C2. The summed E-state index contributed by atoms with van der Waals surface area (Å²) in [5, 5.41) is 21.6. The van der Waals surface area contributed by atoms with Crippen molar-refractivity contribution >= 4 is 31.4 Å². The van der Waals surface area contributed by atoms with Crippen molar-refractivity contribution in [2.45, 2.75) is 78.4 Å². The summed E-state index contributed by atoms with van der Waals surface area (Å²) in [5.74, 6) is 0.172. The van der Waals surface area contributed by atoms with E-state index in [2.05, 4.69) is 9.44 Å². The molecule has 1 aromatic carbocycles. The average molecular weight is 541 g/mol. The molecule has 36 heavy (non-hydrogen) atoms. The maximum atomic E-state index is 13.4. The molecule has 0 unspecified atom stereocenters. The minimum Gasteiger partial charge on any atom is -0.392 e. The second kappa shape index (κ2) is 8.07. The zero-order valence-corrected chi connectivity index (χ0v) is 23.3. The van der Waals surface area contributed by atoms with Crippen LogP contribution in [0, 0.1) is 33.5 Å². The molecule has 0 aromatic heterocycles. The molecular weight excluding hydrogens is 500 g/mol. The van der Waals surface area contributed by atoms with Crippen LogP contribution in [0.25, 0.3) is 0 Å². The molecule has 4 saturated carbocycles. The van der Waals surface area contributed by atoms with Crippen LogP contribution in [0.5, 0.6) is 0 Å². The third-order valence-electron chi connectivity index (χ3n) is 11.1. The van der Waals surface area contributed by atoms with Gasteiger partial charge in [0.15, 0.2) is 0 Å². The molecule has 1 aromatic rings. The highest BCUT2D eigenvalue weighted by Gasteiger charge is 2.66. The Hall–Kier alpha value is -1.36. The molecule has 4 bridgehead atoms. The van der Waals surface area contributed by atoms with E-state index in [0.717, 1.165) is 12.8 Å². The fourth-order valence-electron chi connectivity index (χ4n) is 8.51. The molecule has 10 heteroatoms. The average Bonchev–Trinajstić information content (AvgIpc) is 3.27. The topological polar surface area (TPSA) is 133 Å². The summed E-state index contributed by atoms with van der Waals surface area (Å²) >= 11 is 0. The number of benzene rings is 1. The van der Waals surface area contributed by atoms with Crippen LogP contribution in [0.1, 0.15) is 66.2 Å². The van der Waals surface area contributed by atoms with Gasteiger partial charge >= 0.3 is 0 Å². The predicted molar refractivity (Wildman–Crippen MR) is 140 cm³/mol. The van der Waals surface area contributed by atoms with Gasteiger partial charge in [-0.2, -0.15) is 0 Å². The molecular formula is C26H40N2O6S2. The van der Waals surface area contributed by atoms with E-state index >= 15 is 0 Å². The second-order valence-electron chi connectivity index (χ2n) is 13.0. The molecule has 5 rings (SSSR count). The second-order valence-corrected chi connectivity index (χ2v) is 16.4.